The molecule has 0 atom stereocenters. The highest BCUT2D eigenvalue weighted by molar-refractivity contribution is 6.32. The molecule has 19 heavy (non-hydrogen) atoms. The number of carbonyl (C=O) groups is 1. The Morgan fingerprint density at radius 1 is 1.53 bits per heavy atom. The van der Waals surface area contributed by atoms with E-state index in [1.807, 2.05) is 0 Å². The summed E-state index contributed by atoms with van der Waals surface area (Å²) in [6, 6.07) is 4.15. The van der Waals surface area contributed by atoms with Gasteiger partial charge in [0.15, 0.2) is 5.82 Å². The van der Waals surface area contributed by atoms with Crippen molar-refractivity contribution in [3.05, 3.63) is 24.0 Å². The van der Waals surface area contributed by atoms with Crippen LogP contribution in [0.2, 0.25) is 0 Å². The second-order valence-electron chi connectivity index (χ2n) is 4.77. The Balaban J connectivity index is 2.11. The second kappa shape index (κ2) is 5.09. The summed E-state index contributed by atoms with van der Waals surface area (Å²) in [6.07, 6.45) is -0.490. The molecule has 1 aliphatic rings. The van der Waals surface area contributed by atoms with Gasteiger partial charge in [-0.2, -0.15) is 0 Å². The molecule has 1 saturated heterocycles. The molecular weight excluding hydrogens is 252 g/mol. The number of halogens is 1. The molecule has 1 aromatic carbocycles. The summed E-state index contributed by atoms with van der Waals surface area (Å²) < 4.78 is 23.6. The summed E-state index contributed by atoms with van der Waals surface area (Å²) in [5.41, 5.74) is -0.750. The molecule has 0 aliphatic carbocycles. The Kier molecular flexibility index (Phi) is 3.66. The first kappa shape index (κ1) is 13.7. The number of amides is 1. The molecule has 0 aromatic heterocycles. The first-order valence-corrected chi connectivity index (χ1v) is 5.84. The van der Waals surface area contributed by atoms with E-state index in [2.05, 4.69) is 0 Å². The maximum Gasteiger partial charge on any atom is 0.414 e. The minimum absolute atomic E-state index is 0.0153. The van der Waals surface area contributed by atoms with Gasteiger partial charge in [0.25, 0.3) is 0 Å². The average molecular weight is 266 g/mol. The Morgan fingerprint density at radius 3 is 2.79 bits per heavy atom. The molecule has 1 amide bonds. The van der Waals surface area contributed by atoms with Crippen molar-refractivity contribution >= 4 is 19.3 Å². The predicted octanol–water partition coefficient (Wildman–Crippen LogP) is 1.51. The average Bonchev–Trinajstić information content (AvgIpc) is 2.72. The number of hydrogen-bond donors (Lipinski definition) is 1. The van der Waals surface area contributed by atoms with Crippen LogP contribution in [0.5, 0.6) is 5.75 Å². The van der Waals surface area contributed by atoms with Crippen LogP contribution in [0.4, 0.5) is 14.9 Å². The molecule has 0 unspecified atom stereocenters. The lowest BCUT2D eigenvalue weighted by Gasteiger charge is -2.17. The zero-order valence-electron chi connectivity index (χ0n) is 10.7. The van der Waals surface area contributed by atoms with E-state index in [9.17, 15) is 14.3 Å². The van der Waals surface area contributed by atoms with Crippen molar-refractivity contribution in [3.8, 4) is 5.75 Å². The highest BCUT2D eigenvalue weighted by atomic mass is 19.1. The van der Waals surface area contributed by atoms with Gasteiger partial charge in [-0.3, -0.25) is 4.90 Å². The quantitative estimate of drug-likeness (QED) is 0.839. The van der Waals surface area contributed by atoms with Crippen LogP contribution >= 0.6 is 0 Å². The number of anilines is 1. The van der Waals surface area contributed by atoms with Crippen molar-refractivity contribution in [2.45, 2.75) is 19.3 Å². The lowest BCUT2D eigenvalue weighted by molar-refractivity contribution is 0.153. The Morgan fingerprint density at radius 2 is 2.26 bits per heavy atom. The molecule has 1 aliphatic heterocycles. The fraction of sp³-hybridized carbons (Fsp3) is 0.417. The summed E-state index contributed by atoms with van der Waals surface area (Å²) in [5, 5.41) is 9.46. The monoisotopic (exact) mass is 266 g/mol. The SMILES string of the molecule is CC(C)(O)[B]Oc1ccc(N2CCOC2=O)cc1F. The van der Waals surface area contributed by atoms with Crippen molar-refractivity contribution in [2.75, 3.05) is 18.1 Å². The second-order valence-corrected chi connectivity index (χ2v) is 4.77. The van der Waals surface area contributed by atoms with E-state index in [0.29, 0.717) is 18.8 Å². The maximum absolute atomic E-state index is 13.8. The molecule has 0 spiro atoms. The molecule has 1 radical (unpaired) electrons. The van der Waals surface area contributed by atoms with E-state index in [1.54, 1.807) is 6.07 Å². The third kappa shape index (κ3) is 3.38. The highest BCUT2D eigenvalue weighted by Gasteiger charge is 2.25. The van der Waals surface area contributed by atoms with Crippen LogP contribution in [0, 0.1) is 5.82 Å². The van der Waals surface area contributed by atoms with Gasteiger partial charge in [-0.05, 0) is 26.0 Å². The topological polar surface area (TPSA) is 59.0 Å². The molecule has 101 valence electrons. The fourth-order valence-corrected chi connectivity index (χ4v) is 1.59. The maximum atomic E-state index is 13.8. The number of carbonyl (C=O) groups excluding carboxylic acids is 1. The van der Waals surface area contributed by atoms with Crippen molar-refractivity contribution in [3.63, 3.8) is 0 Å². The van der Waals surface area contributed by atoms with Gasteiger partial charge in [0.2, 0.25) is 0 Å². The summed E-state index contributed by atoms with van der Waals surface area (Å²) in [4.78, 5) is 12.7. The number of benzene rings is 1. The minimum atomic E-state index is -1.16. The van der Waals surface area contributed by atoms with Crippen LogP contribution in [-0.4, -0.2) is 37.3 Å². The number of ether oxygens (including phenoxy) is 1. The molecule has 2 rings (SSSR count). The van der Waals surface area contributed by atoms with Crippen molar-refractivity contribution in [2.24, 2.45) is 0 Å². The van der Waals surface area contributed by atoms with E-state index in [1.165, 1.54) is 30.9 Å². The molecular formula is C12H14BFNO4. The van der Waals surface area contributed by atoms with Gasteiger partial charge in [0.1, 0.15) is 12.4 Å². The largest absolute Gasteiger partial charge is 0.558 e. The number of nitrogens with zero attached hydrogens (tertiary/aromatic N) is 1. The Hall–Kier alpha value is -1.76. The van der Waals surface area contributed by atoms with E-state index < -0.39 is 17.4 Å². The molecule has 1 heterocycles. The Labute approximate surface area is 111 Å². The van der Waals surface area contributed by atoms with E-state index in [-0.39, 0.29) is 5.75 Å². The Bertz CT molecular complexity index is 489. The van der Waals surface area contributed by atoms with Crippen molar-refractivity contribution < 1.29 is 23.7 Å². The number of cyclic esters (lactones) is 1. The van der Waals surface area contributed by atoms with Gasteiger partial charge in [-0.1, -0.05) is 0 Å². The van der Waals surface area contributed by atoms with Crippen LogP contribution in [0.3, 0.4) is 0 Å². The summed E-state index contributed by atoms with van der Waals surface area (Å²) in [7, 11) is 1.13. The molecule has 7 heteroatoms. The molecule has 0 saturated carbocycles. The van der Waals surface area contributed by atoms with E-state index in [0.717, 1.165) is 7.48 Å². The summed E-state index contributed by atoms with van der Waals surface area (Å²) in [5.74, 6) is -0.629. The van der Waals surface area contributed by atoms with Gasteiger partial charge in [-0.15, -0.1) is 0 Å². The normalized spacial score (nSPS) is 15.4. The standard InChI is InChI=1S/C12H14BFNO4/c1-12(2,17)13-19-10-4-3-8(7-9(10)14)15-5-6-18-11(15)16/h3-4,7,17H,5-6H2,1-2H3. The van der Waals surface area contributed by atoms with Crippen molar-refractivity contribution in [1.82, 2.24) is 0 Å². The van der Waals surface area contributed by atoms with Crippen LogP contribution in [0.15, 0.2) is 18.2 Å². The first-order chi connectivity index (χ1) is 8.87. The van der Waals surface area contributed by atoms with Gasteiger partial charge in [0.05, 0.1) is 17.7 Å². The summed E-state index contributed by atoms with van der Waals surface area (Å²) >= 11 is 0. The molecule has 0 bridgehead atoms. The zero-order valence-corrected chi connectivity index (χ0v) is 10.7. The van der Waals surface area contributed by atoms with Crippen LogP contribution < -0.4 is 9.55 Å². The lowest BCUT2D eigenvalue weighted by atomic mass is 9.78. The minimum Gasteiger partial charge on any atom is -0.558 e. The zero-order chi connectivity index (χ0) is 14.0. The molecule has 5 nitrogen and oxygen atoms in total. The number of rotatable bonds is 4. The molecule has 1 N–H and O–H groups in total. The predicted molar refractivity (Wildman–Crippen MR) is 67.8 cm³/mol. The van der Waals surface area contributed by atoms with E-state index in [4.69, 9.17) is 9.39 Å². The van der Waals surface area contributed by atoms with E-state index >= 15 is 0 Å². The smallest absolute Gasteiger partial charge is 0.414 e. The van der Waals surface area contributed by atoms with Gasteiger partial charge < -0.3 is 14.5 Å². The first-order valence-electron chi connectivity index (χ1n) is 5.84. The van der Waals surface area contributed by atoms with Crippen LogP contribution in [0.25, 0.3) is 0 Å². The number of hydrogen-bond acceptors (Lipinski definition) is 4. The van der Waals surface area contributed by atoms with Crippen LogP contribution in [0.1, 0.15) is 13.8 Å². The molecule has 1 fully saturated rings. The third-order valence-corrected chi connectivity index (χ3v) is 2.46. The fourth-order valence-electron chi connectivity index (χ4n) is 1.59. The molecule has 1 aromatic rings. The van der Waals surface area contributed by atoms with Gasteiger partial charge in [-0.25, -0.2) is 9.18 Å². The van der Waals surface area contributed by atoms with Crippen molar-refractivity contribution in [1.29, 1.82) is 0 Å². The lowest BCUT2D eigenvalue weighted by Crippen LogP contribution is -2.32. The van der Waals surface area contributed by atoms with Gasteiger partial charge >= 0.3 is 13.6 Å². The highest BCUT2D eigenvalue weighted by Crippen LogP contribution is 2.25. The van der Waals surface area contributed by atoms with Gasteiger partial charge in [0, 0.05) is 6.07 Å². The number of aliphatic hydroxyl groups is 1. The van der Waals surface area contributed by atoms with Crippen LogP contribution in [-0.2, 0) is 4.74 Å². The summed E-state index contributed by atoms with van der Waals surface area (Å²) in [6.45, 7) is 3.72. The third-order valence-electron chi connectivity index (χ3n) is 2.46.